The van der Waals surface area contributed by atoms with Crippen LogP contribution in [0.2, 0.25) is 0 Å². The lowest BCUT2D eigenvalue weighted by Gasteiger charge is -2.11. The fourth-order valence-corrected chi connectivity index (χ4v) is 3.84. The number of rotatable bonds is 5. The minimum atomic E-state index is -0.499. The predicted octanol–water partition coefficient (Wildman–Crippen LogP) is 1.95. The van der Waals surface area contributed by atoms with E-state index in [-0.39, 0.29) is 18.4 Å². The van der Waals surface area contributed by atoms with Crippen LogP contribution in [0.4, 0.5) is 0 Å². The van der Waals surface area contributed by atoms with Crippen LogP contribution in [0.1, 0.15) is 28.2 Å². The number of aromatic amines is 1. The van der Waals surface area contributed by atoms with Gasteiger partial charge in [0.2, 0.25) is 5.91 Å². The second-order valence-corrected chi connectivity index (χ2v) is 7.65. The van der Waals surface area contributed by atoms with E-state index in [9.17, 15) is 19.2 Å². The molecule has 0 saturated heterocycles. The number of hydrogen-bond donors (Lipinski definition) is 3. The van der Waals surface area contributed by atoms with Gasteiger partial charge in [-0.2, -0.15) is 0 Å². The minimum absolute atomic E-state index is 0.0386. The van der Waals surface area contributed by atoms with E-state index in [1.807, 2.05) is 48.7 Å². The number of aromatic nitrogens is 3. The molecule has 2 amide bonds. The number of benzene rings is 2. The van der Waals surface area contributed by atoms with Crippen LogP contribution >= 0.6 is 0 Å². The molecule has 0 radical (unpaired) electrons. The third-order valence-electron chi connectivity index (χ3n) is 5.45. The average molecular weight is 445 g/mol. The van der Waals surface area contributed by atoms with Crippen LogP contribution in [-0.2, 0) is 11.3 Å². The van der Waals surface area contributed by atoms with E-state index in [0.29, 0.717) is 10.9 Å². The van der Waals surface area contributed by atoms with Crippen molar-refractivity contribution >= 4 is 22.6 Å². The summed E-state index contributed by atoms with van der Waals surface area (Å²) in [6, 6.07) is 17.9. The van der Waals surface area contributed by atoms with Crippen LogP contribution < -0.4 is 22.0 Å². The number of fused-ring (bicyclic) bond motifs is 1. The first-order valence-electron chi connectivity index (χ1n) is 10.4. The molecule has 0 atom stereocenters. The number of para-hydroxylation sites is 1. The Morgan fingerprint density at radius 2 is 1.58 bits per heavy atom. The van der Waals surface area contributed by atoms with E-state index in [4.69, 9.17) is 0 Å². The highest BCUT2D eigenvalue weighted by Crippen LogP contribution is 2.20. The SMILES string of the molecule is Cc1cc(C(=O)NNC(=O)CCn2[nH]c(=O)c3ccccc3c2=O)c(C)n1-c1ccccc1. The molecule has 0 aliphatic rings. The van der Waals surface area contributed by atoms with E-state index in [0.717, 1.165) is 21.8 Å². The summed E-state index contributed by atoms with van der Waals surface area (Å²) in [6.07, 6.45) is -0.114. The molecule has 4 aromatic rings. The van der Waals surface area contributed by atoms with Crippen molar-refractivity contribution in [2.45, 2.75) is 26.8 Å². The number of nitrogens with one attached hydrogen (secondary N) is 3. The fraction of sp³-hybridized carbons (Fsp3) is 0.167. The van der Waals surface area contributed by atoms with Crippen molar-refractivity contribution in [3.8, 4) is 5.69 Å². The van der Waals surface area contributed by atoms with Gasteiger partial charge in [0, 0.05) is 23.5 Å². The van der Waals surface area contributed by atoms with Crippen molar-refractivity contribution in [3.63, 3.8) is 0 Å². The minimum Gasteiger partial charge on any atom is -0.318 e. The summed E-state index contributed by atoms with van der Waals surface area (Å²) in [5, 5.41) is 3.05. The van der Waals surface area contributed by atoms with Gasteiger partial charge < -0.3 is 4.57 Å². The molecular formula is C24H23N5O4. The van der Waals surface area contributed by atoms with Gasteiger partial charge in [-0.15, -0.1) is 0 Å². The van der Waals surface area contributed by atoms with Gasteiger partial charge >= 0.3 is 0 Å². The molecule has 0 aliphatic heterocycles. The normalized spacial score (nSPS) is 10.8. The third-order valence-corrected chi connectivity index (χ3v) is 5.45. The molecule has 33 heavy (non-hydrogen) atoms. The van der Waals surface area contributed by atoms with Gasteiger partial charge in [0.1, 0.15) is 0 Å². The van der Waals surface area contributed by atoms with E-state index in [1.165, 1.54) is 0 Å². The smallest absolute Gasteiger partial charge is 0.273 e. The quantitative estimate of drug-likeness (QED) is 0.407. The highest BCUT2D eigenvalue weighted by molar-refractivity contribution is 5.97. The number of aryl methyl sites for hydroxylation is 2. The Morgan fingerprint density at radius 1 is 0.909 bits per heavy atom. The third kappa shape index (κ3) is 4.33. The van der Waals surface area contributed by atoms with Crippen molar-refractivity contribution in [2.24, 2.45) is 0 Å². The number of carbonyl (C=O) groups excluding carboxylic acids is 2. The first-order chi connectivity index (χ1) is 15.9. The molecule has 0 spiro atoms. The molecule has 9 nitrogen and oxygen atoms in total. The zero-order valence-electron chi connectivity index (χ0n) is 18.2. The summed E-state index contributed by atoms with van der Waals surface area (Å²) in [5.74, 6) is -0.948. The monoisotopic (exact) mass is 445 g/mol. The molecule has 3 N–H and O–H groups in total. The van der Waals surface area contributed by atoms with Crippen LogP contribution in [0.25, 0.3) is 16.5 Å². The Labute approximate surface area is 188 Å². The van der Waals surface area contributed by atoms with Gasteiger partial charge in [-0.25, -0.2) is 4.68 Å². The Morgan fingerprint density at radius 3 is 2.30 bits per heavy atom. The van der Waals surface area contributed by atoms with E-state index in [2.05, 4.69) is 16.0 Å². The molecule has 0 saturated carbocycles. The molecule has 2 heterocycles. The number of nitrogens with zero attached hydrogens (tertiary/aromatic N) is 2. The molecule has 0 aliphatic carbocycles. The standard InChI is InChI=1S/C24H23N5O4/c1-15-14-20(16(2)29(15)17-8-4-3-5-9-17)22(31)26-25-21(30)12-13-28-24(33)19-11-7-6-10-18(19)23(32)27-28/h3-11,14H,12-13H2,1-2H3,(H,25,30)(H,26,31)(H,27,32). The van der Waals surface area contributed by atoms with Crippen LogP contribution in [0.5, 0.6) is 0 Å². The lowest BCUT2D eigenvalue weighted by atomic mass is 10.2. The van der Waals surface area contributed by atoms with Crippen molar-refractivity contribution in [3.05, 3.63) is 98.3 Å². The topological polar surface area (TPSA) is 118 Å². The summed E-state index contributed by atoms with van der Waals surface area (Å²) >= 11 is 0. The summed E-state index contributed by atoms with van der Waals surface area (Å²) in [4.78, 5) is 49.6. The highest BCUT2D eigenvalue weighted by Gasteiger charge is 2.17. The van der Waals surface area contributed by atoms with E-state index >= 15 is 0 Å². The lowest BCUT2D eigenvalue weighted by molar-refractivity contribution is -0.122. The number of hydrazine groups is 1. The summed E-state index contributed by atoms with van der Waals surface area (Å²) in [6.45, 7) is 3.69. The maximum Gasteiger partial charge on any atom is 0.273 e. The van der Waals surface area contributed by atoms with Gasteiger partial charge in [-0.05, 0) is 44.2 Å². The first kappa shape index (κ1) is 21.8. The van der Waals surface area contributed by atoms with Crippen LogP contribution in [0.15, 0.2) is 70.3 Å². The largest absolute Gasteiger partial charge is 0.318 e. The fourth-order valence-electron chi connectivity index (χ4n) is 3.84. The Bertz CT molecular complexity index is 1460. The van der Waals surface area contributed by atoms with Gasteiger partial charge in [0.15, 0.2) is 0 Å². The second kappa shape index (κ2) is 8.99. The zero-order chi connectivity index (χ0) is 23.5. The highest BCUT2D eigenvalue weighted by atomic mass is 16.2. The molecule has 0 unspecified atom stereocenters. The van der Waals surface area contributed by atoms with Crippen molar-refractivity contribution < 1.29 is 9.59 Å². The van der Waals surface area contributed by atoms with Crippen molar-refractivity contribution in [2.75, 3.05) is 0 Å². The molecule has 168 valence electrons. The number of H-pyrrole nitrogens is 1. The van der Waals surface area contributed by atoms with Crippen LogP contribution in [-0.4, -0.2) is 26.2 Å². The Hall–Kier alpha value is -4.40. The van der Waals surface area contributed by atoms with Gasteiger partial charge in [0.25, 0.3) is 17.0 Å². The number of hydrogen-bond acceptors (Lipinski definition) is 4. The molecule has 4 rings (SSSR count). The van der Waals surface area contributed by atoms with Crippen molar-refractivity contribution in [1.82, 2.24) is 25.2 Å². The molecule has 2 aromatic carbocycles. The molecule has 0 fully saturated rings. The zero-order valence-corrected chi connectivity index (χ0v) is 18.2. The Balaban J connectivity index is 1.41. The number of amides is 2. The maximum absolute atomic E-state index is 12.6. The lowest BCUT2D eigenvalue weighted by Crippen LogP contribution is -2.42. The van der Waals surface area contributed by atoms with E-state index in [1.54, 1.807) is 30.3 Å². The van der Waals surface area contributed by atoms with Gasteiger partial charge in [-0.3, -0.25) is 35.1 Å². The summed E-state index contributed by atoms with van der Waals surface area (Å²) in [7, 11) is 0. The molecular weight excluding hydrogens is 422 g/mol. The number of carbonyl (C=O) groups is 2. The Kier molecular flexibility index (Phi) is 5.95. The van der Waals surface area contributed by atoms with E-state index < -0.39 is 22.9 Å². The average Bonchev–Trinajstić information content (AvgIpc) is 3.13. The molecule has 9 heteroatoms. The molecule has 2 aromatic heterocycles. The first-order valence-corrected chi connectivity index (χ1v) is 10.4. The maximum atomic E-state index is 12.6. The predicted molar refractivity (Wildman–Crippen MR) is 124 cm³/mol. The van der Waals surface area contributed by atoms with Gasteiger partial charge in [-0.1, -0.05) is 30.3 Å². The summed E-state index contributed by atoms with van der Waals surface area (Å²) < 4.78 is 3.05. The van der Waals surface area contributed by atoms with Crippen molar-refractivity contribution in [1.29, 1.82) is 0 Å². The summed E-state index contributed by atoms with van der Waals surface area (Å²) in [5.41, 5.74) is 6.97. The van der Waals surface area contributed by atoms with Crippen LogP contribution in [0, 0.1) is 13.8 Å². The molecule has 0 bridgehead atoms. The van der Waals surface area contributed by atoms with Crippen LogP contribution in [0.3, 0.4) is 0 Å². The van der Waals surface area contributed by atoms with Gasteiger partial charge in [0.05, 0.1) is 22.9 Å². The second-order valence-electron chi connectivity index (χ2n) is 7.65.